The van der Waals surface area contributed by atoms with E-state index in [1.165, 1.54) is 0 Å². The predicted molar refractivity (Wildman–Crippen MR) is 112 cm³/mol. The average molecular weight is 373 g/mol. The van der Waals surface area contributed by atoms with Crippen LogP contribution in [0.15, 0.2) is 30.3 Å². The summed E-state index contributed by atoms with van der Waals surface area (Å²) in [6.45, 7) is 22.9. The van der Waals surface area contributed by atoms with Crippen LogP contribution in [0.3, 0.4) is 0 Å². The van der Waals surface area contributed by atoms with Gasteiger partial charge in [-0.05, 0) is 0 Å². The fourth-order valence-electron chi connectivity index (χ4n) is 4.25. The van der Waals surface area contributed by atoms with Crippen LogP contribution in [0.2, 0.25) is 58.9 Å². The molecule has 0 aliphatic heterocycles. The van der Waals surface area contributed by atoms with Crippen LogP contribution in [0.5, 0.6) is 0 Å². The van der Waals surface area contributed by atoms with Gasteiger partial charge in [-0.3, -0.25) is 0 Å². The number of hydrogen-bond donors (Lipinski definition) is 0. The normalized spacial score (nSPS) is 15.9. The van der Waals surface area contributed by atoms with Crippen LogP contribution in [-0.4, -0.2) is 35.0 Å². The Morgan fingerprint density at radius 2 is 1.10 bits per heavy atom. The van der Waals surface area contributed by atoms with E-state index in [9.17, 15) is 0 Å². The highest BCUT2D eigenvalue weighted by Crippen LogP contribution is 2.38. The van der Waals surface area contributed by atoms with E-state index in [1.807, 2.05) is 0 Å². The fourth-order valence-corrected chi connectivity index (χ4v) is 76.1. The van der Waals surface area contributed by atoms with Crippen molar-refractivity contribution in [3.8, 4) is 0 Å². The van der Waals surface area contributed by atoms with Gasteiger partial charge in [0.25, 0.3) is 0 Å². The summed E-state index contributed by atoms with van der Waals surface area (Å²) in [6, 6.07) is 11.4. The molecule has 21 heavy (non-hydrogen) atoms. The second kappa shape index (κ2) is 6.11. The molecule has 1 atom stereocenters. The lowest BCUT2D eigenvalue weighted by atomic mass is 10.4. The molecule has 0 amide bonds. The lowest BCUT2D eigenvalue weighted by Crippen LogP contribution is -2.85. The van der Waals surface area contributed by atoms with E-state index in [1.54, 1.807) is 5.19 Å². The molecule has 0 saturated carbocycles. The van der Waals surface area contributed by atoms with Crippen LogP contribution in [-0.2, 0) is 0 Å². The summed E-state index contributed by atoms with van der Waals surface area (Å²) in [5.41, 5.74) is 0. The minimum atomic E-state index is -1.71. The number of halogens is 1. The lowest BCUT2D eigenvalue weighted by Gasteiger charge is -2.56. The van der Waals surface area contributed by atoms with E-state index in [-0.39, 0.29) is 0 Å². The molecular weight excluding hydrogens is 340 g/mol. The molecule has 0 aromatic heterocycles. The molecule has 0 nitrogen and oxygen atoms in total. The Balaban J connectivity index is 3.77. The van der Waals surface area contributed by atoms with Gasteiger partial charge in [0.05, 0.1) is 15.2 Å². The summed E-state index contributed by atoms with van der Waals surface area (Å²) >= 11 is 7.38. The van der Waals surface area contributed by atoms with Crippen molar-refractivity contribution >= 4 is 47.2 Å². The average Bonchev–Trinajstić information content (AvgIpc) is 2.25. The zero-order chi connectivity index (χ0) is 16.7. The Morgan fingerprint density at radius 3 is 1.38 bits per heavy atom. The van der Waals surface area contributed by atoms with Gasteiger partial charge in [-0.15, -0.1) is 11.6 Å². The SMILES string of the molecule is C[Si](C)(C)C(Cl)[Si](c1ccccc1)([Si](C)(C)C)[Si](C)(C)C. The third kappa shape index (κ3) is 3.49. The largest absolute Gasteiger partial charge is 0.130 e. The lowest BCUT2D eigenvalue weighted by molar-refractivity contribution is 1.51. The van der Waals surface area contributed by atoms with Crippen LogP contribution >= 0.6 is 11.6 Å². The van der Waals surface area contributed by atoms with Crippen LogP contribution < -0.4 is 5.19 Å². The van der Waals surface area contributed by atoms with Gasteiger partial charge in [-0.1, -0.05) is 94.4 Å². The standard InChI is InChI=1S/C16H33ClSi4/c1-18(2,3)16(17)21(19(4,5)6,20(7,8)9)15-13-11-10-12-14-15/h10-14,16H,1-9H3. The van der Waals surface area contributed by atoms with Crippen molar-refractivity contribution in [2.24, 2.45) is 0 Å². The molecule has 1 unspecified atom stereocenters. The van der Waals surface area contributed by atoms with Crippen LogP contribution in [0.4, 0.5) is 0 Å². The van der Waals surface area contributed by atoms with Gasteiger partial charge in [-0.25, -0.2) is 0 Å². The van der Waals surface area contributed by atoms with Crippen molar-refractivity contribution in [2.75, 3.05) is 0 Å². The minimum Gasteiger partial charge on any atom is -0.130 e. The van der Waals surface area contributed by atoms with Gasteiger partial charge >= 0.3 is 0 Å². The van der Waals surface area contributed by atoms with Crippen molar-refractivity contribution in [1.29, 1.82) is 0 Å². The molecule has 1 aromatic rings. The van der Waals surface area contributed by atoms with Crippen molar-refractivity contribution in [3.63, 3.8) is 0 Å². The summed E-state index contributed by atoms with van der Waals surface area (Å²) < 4.78 is 0.436. The first-order valence-electron chi connectivity index (χ1n) is 7.96. The van der Waals surface area contributed by atoms with Gasteiger partial charge < -0.3 is 0 Å². The topological polar surface area (TPSA) is 0 Å². The molecule has 1 aromatic carbocycles. The Labute approximate surface area is 140 Å². The van der Waals surface area contributed by atoms with E-state index in [4.69, 9.17) is 11.6 Å². The third-order valence-electron chi connectivity index (χ3n) is 4.74. The Hall–Kier alpha value is 0.378. The van der Waals surface area contributed by atoms with Gasteiger partial charge in [0.15, 0.2) is 0 Å². The van der Waals surface area contributed by atoms with E-state index in [0.29, 0.717) is 4.62 Å². The van der Waals surface area contributed by atoms with E-state index in [0.717, 1.165) is 0 Å². The summed E-state index contributed by atoms with van der Waals surface area (Å²) in [4.78, 5) is 0. The maximum Gasteiger partial charge on any atom is 0.0895 e. The summed E-state index contributed by atoms with van der Waals surface area (Å²) in [6.07, 6.45) is 0. The summed E-state index contributed by atoms with van der Waals surface area (Å²) in [7, 11) is -5.88. The quantitative estimate of drug-likeness (QED) is 0.492. The molecule has 0 N–H and O–H groups in total. The molecule has 0 fully saturated rings. The highest BCUT2D eigenvalue weighted by Gasteiger charge is 2.62. The second-order valence-corrected chi connectivity index (χ2v) is 43.5. The molecule has 0 spiro atoms. The fraction of sp³-hybridized carbons (Fsp3) is 0.625. The maximum atomic E-state index is 7.38. The molecule has 5 heteroatoms. The molecule has 0 radical (unpaired) electrons. The molecule has 0 aliphatic carbocycles. The summed E-state index contributed by atoms with van der Waals surface area (Å²) in [5.74, 6) is 0. The van der Waals surface area contributed by atoms with Crippen molar-refractivity contribution in [1.82, 2.24) is 0 Å². The first-order chi connectivity index (χ1) is 9.26. The van der Waals surface area contributed by atoms with Crippen molar-refractivity contribution in [3.05, 3.63) is 30.3 Å². The van der Waals surface area contributed by atoms with Gasteiger partial charge in [0.2, 0.25) is 0 Å². The zero-order valence-electron chi connectivity index (χ0n) is 15.3. The first kappa shape index (κ1) is 19.4. The molecule has 0 heterocycles. The Kier molecular flexibility index (Phi) is 5.65. The molecule has 0 aliphatic rings. The highest BCUT2D eigenvalue weighted by atomic mass is 35.5. The van der Waals surface area contributed by atoms with Crippen LogP contribution in [0.25, 0.3) is 0 Å². The number of rotatable bonds is 5. The molecule has 0 saturated heterocycles. The van der Waals surface area contributed by atoms with Gasteiger partial charge in [-0.2, -0.15) is 0 Å². The van der Waals surface area contributed by atoms with Crippen LogP contribution in [0, 0.1) is 0 Å². The Morgan fingerprint density at radius 1 is 0.714 bits per heavy atom. The molecular formula is C16H33ClSi4. The number of hydrogen-bond acceptors (Lipinski definition) is 0. The monoisotopic (exact) mass is 372 g/mol. The second-order valence-electron chi connectivity index (χ2n) is 9.40. The molecule has 120 valence electrons. The van der Waals surface area contributed by atoms with Crippen LogP contribution in [0.1, 0.15) is 0 Å². The van der Waals surface area contributed by atoms with Gasteiger partial charge in [0, 0.05) is 19.8 Å². The zero-order valence-corrected chi connectivity index (χ0v) is 20.1. The molecule has 0 bridgehead atoms. The minimum absolute atomic E-state index is 0.436. The third-order valence-corrected chi connectivity index (χ3v) is 53.8. The number of alkyl halides is 1. The maximum absolute atomic E-state index is 7.38. The Bertz CT molecular complexity index is 452. The highest BCUT2D eigenvalue weighted by molar-refractivity contribution is 7.75. The predicted octanol–water partition coefficient (Wildman–Crippen LogP) is 5.20. The van der Waals surface area contributed by atoms with E-state index >= 15 is 0 Å². The number of benzene rings is 1. The first-order valence-corrected chi connectivity index (χ1v) is 23.0. The van der Waals surface area contributed by atoms with E-state index in [2.05, 4.69) is 89.3 Å². The van der Waals surface area contributed by atoms with Crippen molar-refractivity contribution < 1.29 is 0 Å². The smallest absolute Gasteiger partial charge is 0.0895 e. The summed E-state index contributed by atoms with van der Waals surface area (Å²) in [5, 5.41) is 1.64. The van der Waals surface area contributed by atoms with Gasteiger partial charge in [0.1, 0.15) is 0 Å². The van der Waals surface area contributed by atoms with E-state index < -0.39 is 30.4 Å². The van der Waals surface area contributed by atoms with Crippen molar-refractivity contribution in [2.45, 2.75) is 63.5 Å². The molecule has 1 rings (SSSR count).